The number of esters is 1. The molecule has 0 unspecified atom stereocenters. The van der Waals surface area contributed by atoms with Crippen molar-refractivity contribution in [2.75, 3.05) is 0 Å². The van der Waals surface area contributed by atoms with Gasteiger partial charge in [0.25, 0.3) is 0 Å². The smallest absolute Gasteiger partial charge is 0.323 e. The first kappa shape index (κ1) is 17.9. The minimum atomic E-state index is -0.446. The number of ether oxygens (including phenoxy) is 1. The summed E-state index contributed by atoms with van der Waals surface area (Å²) in [6, 6.07) is 25.6. The minimum Gasteiger partial charge on any atom is -0.426 e. The third-order valence-corrected chi connectivity index (χ3v) is 4.50. The maximum absolute atomic E-state index is 13.2. The summed E-state index contributed by atoms with van der Waals surface area (Å²) in [5, 5.41) is 0. The number of hydrogen-bond acceptors (Lipinski definition) is 2. The highest BCUT2D eigenvalue weighted by Gasteiger charge is 2.25. The monoisotopic (exact) mass is 344 g/mol. The Morgan fingerprint density at radius 1 is 0.808 bits per heavy atom. The summed E-state index contributed by atoms with van der Waals surface area (Å²) in [4.78, 5) is 13.2. The Kier molecular flexibility index (Phi) is 5.52. The van der Waals surface area contributed by atoms with Gasteiger partial charge in [0.1, 0.15) is 11.7 Å². The maximum Gasteiger partial charge on any atom is 0.323 e. The quantitative estimate of drug-likeness (QED) is 0.428. The topological polar surface area (TPSA) is 26.3 Å². The van der Waals surface area contributed by atoms with Crippen LogP contribution in [0.4, 0.5) is 0 Å². The minimum absolute atomic E-state index is 0.255. The molecule has 0 aliphatic heterocycles. The van der Waals surface area contributed by atoms with Crippen LogP contribution in [0.25, 0.3) is 0 Å². The van der Waals surface area contributed by atoms with Crippen molar-refractivity contribution in [3.8, 4) is 5.75 Å². The van der Waals surface area contributed by atoms with Gasteiger partial charge in [-0.15, -0.1) is 0 Å². The van der Waals surface area contributed by atoms with Crippen LogP contribution in [0.5, 0.6) is 5.75 Å². The molecule has 0 atom stereocenters. The molecule has 0 aliphatic rings. The van der Waals surface area contributed by atoms with Gasteiger partial charge in [-0.25, -0.2) is 0 Å². The Hall–Kier alpha value is -2.87. The van der Waals surface area contributed by atoms with Gasteiger partial charge in [-0.2, -0.15) is 0 Å². The fraction of sp³-hybridized carbons (Fsp3) is 0.208. The van der Waals surface area contributed by atoms with Crippen LogP contribution < -0.4 is 4.74 Å². The average Bonchev–Trinajstić information content (AvgIpc) is 2.63. The molecule has 3 rings (SSSR count). The highest BCUT2D eigenvalue weighted by atomic mass is 16.5. The largest absolute Gasteiger partial charge is 0.426 e. The van der Waals surface area contributed by atoms with E-state index >= 15 is 0 Å². The maximum atomic E-state index is 13.2. The van der Waals surface area contributed by atoms with Crippen LogP contribution in [0.3, 0.4) is 0 Å². The van der Waals surface area contributed by atoms with Crippen molar-refractivity contribution in [1.29, 1.82) is 0 Å². The van der Waals surface area contributed by atoms with Gasteiger partial charge in [-0.1, -0.05) is 86.6 Å². The zero-order chi connectivity index (χ0) is 18.5. The summed E-state index contributed by atoms with van der Waals surface area (Å²) >= 11 is 0. The molecule has 3 aromatic rings. The molecule has 3 aromatic carbocycles. The predicted molar refractivity (Wildman–Crippen MR) is 106 cm³/mol. The lowest BCUT2D eigenvalue weighted by atomic mass is 9.91. The molecule has 0 saturated heterocycles. The normalized spacial score (nSPS) is 11.0. The summed E-state index contributed by atoms with van der Waals surface area (Å²) in [7, 11) is 0. The standard InChI is InChI=1S/C24H24O2/c1-17(2)21-15-14-18(3)16-22(21)26-24(25)23(19-10-6-4-7-11-19)20-12-8-5-9-13-20/h4-17,23H,1-3H3. The van der Waals surface area contributed by atoms with E-state index in [-0.39, 0.29) is 11.9 Å². The third-order valence-electron chi connectivity index (χ3n) is 4.50. The SMILES string of the molecule is Cc1ccc(C(C)C)c(OC(=O)C(c2ccccc2)c2ccccc2)c1. The second-order valence-electron chi connectivity index (χ2n) is 6.87. The van der Waals surface area contributed by atoms with Gasteiger partial charge < -0.3 is 4.74 Å². The van der Waals surface area contributed by atoms with Crippen molar-refractivity contribution >= 4 is 5.97 Å². The Morgan fingerprint density at radius 2 is 1.35 bits per heavy atom. The average molecular weight is 344 g/mol. The van der Waals surface area contributed by atoms with Crippen LogP contribution in [0.15, 0.2) is 78.9 Å². The first-order chi connectivity index (χ1) is 12.6. The van der Waals surface area contributed by atoms with Gasteiger partial charge >= 0.3 is 5.97 Å². The Bertz CT molecular complexity index is 828. The molecule has 26 heavy (non-hydrogen) atoms. The summed E-state index contributed by atoms with van der Waals surface area (Å²) in [5.41, 5.74) is 3.99. The van der Waals surface area contributed by atoms with E-state index in [4.69, 9.17) is 4.74 Å². The fourth-order valence-electron chi connectivity index (χ4n) is 3.13. The van der Waals surface area contributed by atoms with Crippen molar-refractivity contribution in [3.05, 3.63) is 101 Å². The van der Waals surface area contributed by atoms with E-state index in [0.717, 1.165) is 22.3 Å². The summed E-state index contributed by atoms with van der Waals surface area (Å²) < 4.78 is 5.92. The van der Waals surface area contributed by atoms with Crippen LogP contribution in [0, 0.1) is 6.92 Å². The highest BCUT2D eigenvalue weighted by Crippen LogP contribution is 2.31. The molecule has 0 radical (unpaired) electrons. The fourth-order valence-corrected chi connectivity index (χ4v) is 3.13. The first-order valence-corrected chi connectivity index (χ1v) is 8.98. The zero-order valence-electron chi connectivity index (χ0n) is 15.5. The Balaban J connectivity index is 1.99. The molecule has 0 heterocycles. The second kappa shape index (κ2) is 8.01. The van der Waals surface area contributed by atoms with Gasteiger partial charge in [0.15, 0.2) is 0 Å². The number of carbonyl (C=O) groups is 1. The van der Waals surface area contributed by atoms with E-state index in [9.17, 15) is 4.79 Å². The molecule has 0 saturated carbocycles. The van der Waals surface area contributed by atoms with Gasteiger partial charge in [-0.05, 0) is 41.2 Å². The molecule has 0 spiro atoms. The Labute approximate surface area is 155 Å². The second-order valence-corrected chi connectivity index (χ2v) is 6.87. The zero-order valence-corrected chi connectivity index (χ0v) is 15.5. The van der Waals surface area contributed by atoms with Gasteiger partial charge in [-0.3, -0.25) is 4.79 Å². The molecular weight excluding hydrogens is 320 g/mol. The van der Waals surface area contributed by atoms with Crippen LogP contribution in [0.2, 0.25) is 0 Å². The van der Waals surface area contributed by atoms with Crippen LogP contribution >= 0.6 is 0 Å². The Morgan fingerprint density at radius 3 is 1.85 bits per heavy atom. The number of benzene rings is 3. The molecular formula is C24H24O2. The molecule has 0 aromatic heterocycles. The van der Waals surface area contributed by atoms with Crippen molar-refractivity contribution in [2.45, 2.75) is 32.6 Å². The van der Waals surface area contributed by atoms with Crippen molar-refractivity contribution in [1.82, 2.24) is 0 Å². The lowest BCUT2D eigenvalue weighted by molar-refractivity contribution is -0.135. The lowest BCUT2D eigenvalue weighted by Gasteiger charge is -2.19. The summed E-state index contributed by atoms with van der Waals surface area (Å²) in [6.07, 6.45) is 0. The van der Waals surface area contributed by atoms with Gasteiger partial charge in [0.2, 0.25) is 0 Å². The summed E-state index contributed by atoms with van der Waals surface area (Å²) in [5.74, 6) is 0.236. The number of carbonyl (C=O) groups excluding carboxylic acids is 1. The molecule has 2 heteroatoms. The molecule has 0 amide bonds. The number of rotatable bonds is 5. The molecule has 0 fully saturated rings. The van der Waals surface area contributed by atoms with E-state index in [1.54, 1.807) is 0 Å². The van der Waals surface area contributed by atoms with Crippen molar-refractivity contribution in [3.63, 3.8) is 0 Å². The summed E-state index contributed by atoms with van der Waals surface area (Å²) in [6.45, 7) is 6.22. The van der Waals surface area contributed by atoms with Crippen LogP contribution in [0.1, 0.15) is 47.9 Å². The van der Waals surface area contributed by atoms with E-state index in [1.807, 2.05) is 79.7 Å². The predicted octanol–water partition coefficient (Wildman–Crippen LogP) is 5.86. The number of aryl methyl sites for hydroxylation is 1. The van der Waals surface area contributed by atoms with Crippen molar-refractivity contribution < 1.29 is 9.53 Å². The van der Waals surface area contributed by atoms with Crippen molar-refractivity contribution in [2.24, 2.45) is 0 Å². The molecule has 0 N–H and O–H groups in total. The number of hydrogen-bond donors (Lipinski definition) is 0. The third kappa shape index (κ3) is 4.02. The van der Waals surface area contributed by atoms with Crippen LogP contribution in [-0.2, 0) is 4.79 Å². The molecule has 0 aliphatic carbocycles. The van der Waals surface area contributed by atoms with Gasteiger partial charge in [0, 0.05) is 0 Å². The highest BCUT2D eigenvalue weighted by molar-refractivity contribution is 5.84. The van der Waals surface area contributed by atoms with E-state index < -0.39 is 5.92 Å². The van der Waals surface area contributed by atoms with E-state index in [2.05, 4.69) is 19.9 Å². The molecule has 0 bridgehead atoms. The van der Waals surface area contributed by atoms with Crippen LogP contribution in [-0.4, -0.2) is 5.97 Å². The molecule has 2 nitrogen and oxygen atoms in total. The van der Waals surface area contributed by atoms with E-state index in [1.165, 1.54) is 0 Å². The van der Waals surface area contributed by atoms with E-state index in [0.29, 0.717) is 5.75 Å². The molecule has 132 valence electrons. The lowest BCUT2D eigenvalue weighted by Crippen LogP contribution is -2.20. The first-order valence-electron chi connectivity index (χ1n) is 8.98. The van der Waals surface area contributed by atoms with Gasteiger partial charge in [0.05, 0.1) is 0 Å².